The summed E-state index contributed by atoms with van der Waals surface area (Å²) in [7, 11) is 0. The minimum atomic E-state index is -0.255. The Balaban J connectivity index is 1.82. The average molecular weight is 256 g/mol. The van der Waals surface area contributed by atoms with Crippen LogP contribution in [0.1, 0.15) is 0 Å². The van der Waals surface area contributed by atoms with Crippen molar-refractivity contribution in [2.24, 2.45) is 0 Å². The highest BCUT2D eigenvalue weighted by atomic mass is 19.1. The van der Waals surface area contributed by atoms with Crippen LogP contribution in [0, 0.1) is 11.9 Å². The first-order valence-electron chi connectivity index (χ1n) is 6.43. The van der Waals surface area contributed by atoms with E-state index in [0.29, 0.717) is 0 Å². The molecule has 1 aliphatic rings. The lowest BCUT2D eigenvalue weighted by Gasteiger charge is -2.28. The van der Waals surface area contributed by atoms with Gasteiger partial charge in [0.15, 0.2) is 0 Å². The SMILES string of the molecule is Fc1c[c]cc(-c2ccc(N3CCOCC3)cc2)c1. The highest BCUT2D eigenvalue weighted by Gasteiger charge is 2.10. The number of ether oxygens (including phenoxy) is 1. The van der Waals surface area contributed by atoms with Crippen molar-refractivity contribution in [3.8, 4) is 11.1 Å². The number of nitrogens with zero attached hydrogens (tertiary/aromatic N) is 1. The largest absolute Gasteiger partial charge is 0.378 e. The molecule has 1 saturated heterocycles. The molecule has 0 bridgehead atoms. The van der Waals surface area contributed by atoms with Crippen molar-refractivity contribution < 1.29 is 9.13 Å². The van der Waals surface area contributed by atoms with Gasteiger partial charge in [0.25, 0.3) is 0 Å². The molecule has 0 saturated carbocycles. The second kappa shape index (κ2) is 5.41. The highest BCUT2D eigenvalue weighted by Crippen LogP contribution is 2.24. The van der Waals surface area contributed by atoms with E-state index in [4.69, 9.17) is 4.74 Å². The molecule has 1 radical (unpaired) electrons. The minimum Gasteiger partial charge on any atom is -0.378 e. The van der Waals surface area contributed by atoms with Crippen LogP contribution in [0.4, 0.5) is 10.1 Å². The molecule has 0 aromatic heterocycles. The van der Waals surface area contributed by atoms with Crippen LogP contribution in [0.3, 0.4) is 0 Å². The summed E-state index contributed by atoms with van der Waals surface area (Å²) in [6.07, 6.45) is 0. The maximum absolute atomic E-state index is 13.2. The van der Waals surface area contributed by atoms with Crippen LogP contribution < -0.4 is 4.90 Å². The van der Waals surface area contributed by atoms with E-state index in [1.165, 1.54) is 17.8 Å². The molecule has 0 atom stereocenters. The van der Waals surface area contributed by atoms with Crippen molar-refractivity contribution >= 4 is 5.69 Å². The normalized spacial score (nSPS) is 15.5. The summed E-state index contributed by atoms with van der Waals surface area (Å²) in [4.78, 5) is 2.30. The zero-order valence-corrected chi connectivity index (χ0v) is 10.6. The Hall–Kier alpha value is -1.87. The second-order valence-electron chi connectivity index (χ2n) is 4.59. The van der Waals surface area contributed by atoms with E-state index in [9.17, 15) is 4.39 Å². The molecule has 3 heteroatoms. The van der Waals surface area contributed by atoms with Crippen LogP contribution in [0.5, 0.6) is 0 Å². The molecule has 1 heterocycles. The van der Waals surface area contributed by atoms with Gasteiger partial charge in [-0.05, 0) is 47.5 Å². The predicted octanol–water partition coefficient (Wildman–Crippen LogP) is 3.13. The average Bonchev–Trinajstić information content (AvgIpc) is 2.48. The van der Waals surface area contributed by atoms with E-state index in [2.05, 4.69) is 23.1 Å². The van der Waals surface area contributed by atoms with Crippen molar-refractivity contribution in [2.75, 3.05) is 31.2 Å². The van der Waals surface area contributed by atoms with Crippen LogP contribution >= 0.6 is 0 Å². The van der Waals surface area contributed by atoms with Crippen LogP contribution in [-0.4, -0.2) is 26.3 Å². The summed E-state index contributed by atoms with van der Waals surface area (Å²) in [5.74, 6) is -0.255. The molecule has 0 N–H and O–H groups in total. The Kier molecular flexibility index (Phi) is 3.47. The lowest BCUT2D eigenvalue weighted by molar-refractivity contribution is 0.122. The number of rotatable bonds is 2. The number of halogens is 1. The van der Waals surface area contributed by atoms with E-state index in [1.54, 1.807) is 6.07 Å². The topological polar surface area (TPSA) is 12.5 Å². The van der Waals surface area contributed by atoms with Gasteiger partial charge in [-0.1, -0.05) is 12.1 Å². The third-order valence-electron chi connectivity index (χ3n) is 3.33. The van der Waals surface area contributed by atoms with Crippen molar-refractivity contribution in [1.29, 1.82) is 0 Å². The van der Waals surface area contributed by atoms with E-state index in [0.717, 1.165) is 37.4 Å². The van der Waals surface area contributed by atoms with Gasteiger partial charge in [-0.2, -0.15) is 0 Å². The third-order valence-corrected chi connectivity index (χ3v) is 3.33. The van der Waals surface area contributed by atoms with Crippen LogP contribution in [-0.2, 0) is 4.74 Å². The van der Waals surface area contributed by atoms with Gasteiger partial charge in [-0.3, -0.25) is 0 Å². The van der Waals surface area contributed by atoms with Crippen molar-refractivity contribution in [2.45, 2.75) is 0 Å². The fourth-order valence-corrected chi connectivity index (χ4v) is 2.30. The van der Waals surface area contributed by atoms with Crippen LogP contribution in [0.2, 0.25) is 0 Å². The fourth-order valence-electron chi connectivity index (χ4n) is 2.30. The van der Waals surface area contributed by atoms with Gasteiger partial charge < -0.3 is 9.64 Å². The van der Waals surface area contributed by atoms with Crippen LogP contribution in [0.25, 0.3) is 11.1 Å². The third kappa shape index (κ3) is 2.76. The predicted molar refractivity (Wildman–Crippen MR) is 73.7 cm³/mol. The Morgan fingerprint density at radius 2 is 1.74 bits per heavy atom. The summed E-state index contributed by atoms with van der Waals surface area (Å²) in [5.41, 5.74) is 3.05. The maximum atomic E-state index is 13.2. The molecule has 97 valence electrons. The summed E-state index contributed by atoms with van der Waals surface area (Å²) in [5, 5.41) is 0. The molecule has 3 rings (SSSR count). The van der Waals surface area contributed by atoms with Gasteiger partial charge >= 0.3 is 0 Å². The first-order valence-corrected chi connectivity index (χ1v) is 6.43. The molecule has 0 amide bonds. The summed E-state index contributed by atoms with van der Waals surface area (Å²) < 4.78 is 18.5. The molecule has 1 fully saturated rings. The molecular weight excluding hydrogens is 241 g/mol. The van der Waals surface area contributed by atoms with Crippen molar-refractivity contribution in [1.82, 2.24) is 0 Å². The van der Waals surface area contributed by atoms with Gasteiger partial charge in [0, 0.05) is 18.8 Å². The first kappa shape index (κ1) is 12.2. The smallest absolute Gasteiger partial charge is 0.124 e. The van der Waals surface area contributed by atoms with E-state index < -0.39 is 0 Å². The number of hydrogen-bond acceptors (Lipinski definition) is 2. The summed E-state index contributed by atoms with van der Waals surface area (Å²) in [6.45, 7) is 3.40. The lowest BCUT2D eigenvalue weighted by Crippen LogP contribution is -2.36. The monoisotopic (exact) mass is 256 g/mol. The van der Waals surface area contributed by atoms with Gasteiger partial charge in [0.2, 0.25) is 0 Å². The number of morpholine rings is 1. The molecule has 19 heavy (non-hydrogen) atoms. The highest BCUT2D eigenvalue weighted by molar-refractivity contribution is 5.66. The molecule has 2 nitrogen and oxygen atoms in total. The van der Waals surface area contributed by atoms with Crippen LogP contribution in [0.15, 0.2) is 42.5 Å². The van der Waals surface area contributed by atoms with Gasteiger partial charge in [-0.15, -0.1) is 0 Å². The standard InChI is InChI=1S/C16H15FNO/c17-15-3-1-2-14(12-15)13-4-6-16(7-5-13)18-8-10-19-11-9-18/h2-7,12H,8-11H2. The van der Waals surface area contributed by atoms with E-state index in [-0.39, 0.29) is 5.82 Å². The Morgan fingerprint density at radius 1 is 1.00 bits per heavy atom. The number of hydrogen-bond donors (Lipinski definition) is 0. The molecule has 2 aromatic rings. The molecule has 2 aromatic carbocycles. The zero-order valence-electron chi connectivity index (χ0n) is 10.6. The molecule has 1 aliphatic heterocycles. The fraction of sp³-hybridized carbons (Fsp3) is 0.250. The number of benzene rings is 2. The van der Waals surface area contributed by atoms with Gasteiger partial charge in [-0.25, -0.2) is 4.39 Å². The lowest BCUT2D eigenvalue weighted by atomic mass is 10.1. The molecular formula is C16H15FNO. The number of anilines is 1. The Labute approximate surface area is 112 Å². The molecule has 0 aliphatic carbocycles. The first-order chi connectivity index (χ1) is 9.33. The Bertz CT molecular complexity index is 547. The van der Waals surface area contributed by atoms with Crippen molar-refractivity contribution in [3.63, 3.8) is 0 Å². The van der Waals surface area contributed by atoms with Gasteiger partial charge in [0.1, 0.15) is 5.82 Å². The summed E-state index contributed by atoms with van der Waals surface area (Å²) in [6, 6.07) is 15.7. The Morgan fingerprint density at radius 3 is 2.42 bits per heavy atom. The van der Waals surface area contributed by atoms with E-state index in [1.807, 2.05) is 12.1 Å². The zero-order chi connectivity index (χ0) is 13.1. The molecule has 0 unspecified atom stereocenters. The second-order valence-corrected chi connectivity index (χ2v) is 4.59. The molecule has 0 spiro atoms. The minimum absolute atomic E-state index is 0.255. The maximum Gasteiger partial charge on any atom is 0.124 e. The van der Waals surface area contributed by atoms with E-state index >= 15 is 0 Å². The van der Waals surface area contributed by atoms with Crippen molar-refractivity contribution in [3.05, 3.63) is 54.3 Å². The quantitative estimate of drug-likeness (QED) is 0.818. The van der Waals surface area contributed by atoms with Gasteiger partial charge in [0.05, 0.1) is 13.2 Å². The summed E-state index contributed by atoms with van der Waals surface area (Å²) >= 11 is 0.